The number of carbonyl (C=O) groups is 2. The average Bonchev–Trinajstić information content (AvgIpc) is 3.70. The van der Waals surface area contributed by atoms with Gasteiger partial charge in [0.05, 0.1) is 22.0 Å². The summed E-state index contributed by atoms with van der Waals surface area (Å²) in [4.78, 5) is 29.6. The van der Waals surface area contributed by atoms with Crippen LogP contribution in [0.4, 0.5) is 5.69 Å². The number of fused-ring (bicyclic) bond motifs is 1. The largest absolute Gasteiger partial charge is 0.454 e. The van der Waals surface area contributed by atoms with Gasteiger partial charge < -0.3 is 19.7 Å². The molecule has 9 nitrogen and oxygen atoms in total. The number of carbonyl (C=O) groups excluding carboxylic acids is 2. The van der Waals surface area contributed by atoms with Gasteiger partial charge in [0.1, 0.15) is 6.04 Å². The van der Waals surface area contributed by atoms with Gasteiger partial charge in [-0.15, -0.1) is 0 Å². The molecule has 3 aromatic carbocycles. The molecule has 1 fully saturated rings. The van der Waals surface area contributed by atoms with E-state index in [1.807, 2.05) is 30.3 Å². The van der Waals surface area contributed by atoms with Crippen LogP contribution in [-0.2, 0) is 32.6 Å². The van der Waals surface area contributed by atoms with E-state index in [9.17, 15) is 18.0 Å². The summed E-state index contributed by atoms with van der Waals surface area (Å²) in [5.74, 6) is 0.516. The SMILES string of the molecule is CS(=O)(=O)N(CCCC(=O)N(Cc1ccc(Cl)c(Cl)c1)[C@H](Cc1ccccc1)C(=O)NC1CCCC1)c1ccc2c(c1)OCO2. The summed E-state index contributed by atoms with van der Waals surface area (Å²) in [6.45, 7) is 0.255. The molecule has 1 atom stereocenters. The predicted molar refractivity (Wildman–Crippen MR) is 175 cm³/mol. The minimum Gasteiger partial charge on any atom is -0.454 e. The molecule has 0 radical (unpaired) electrons. The molecule has 1 aliphatic carbocycles. The quantitative estimate of drug-likeness (QED) is 0.240. The van der Waals surface area contributed by atoms with Crippen molar-refractivity contribution in [3.63, 3.8) is 0 Å². The van der Waals surface area contributed by atoms with Gasteiger partial charge >= 0.3 is 0 Å². The molecule has 0 spiro atoms. The summed E-state index contributed by atoms with van der Waals surface area (Å²) in [7, 11) is -3.67. The Morgan fingerprint density at radius 3 is 2.38 bits per heavy atom. The fourth-order valence-corrected chi connectivity index (χ4v) is 7.08. The zero-order valence-electron chi connectivity index (χ0n) is 25.1. The van der Waals surface area contributed by atoms with E-state index < -0.39 is 16.1 Å². The number of benzene rings is 3. The highest BCUT2D eigenvalue weighted by molar-refractivity contribution is 7.92. The van der Waals surface area contributed by atoms with Crippen LogP contribution >= 0.6 is 23.2 Å². The van der Waals surface area contributed by atoms with Crippen LogP contribution in [0.1, 0.15) is 49.7 Å². The maximum Gasteiger partial charge on any atom is 0.243 e. The fraction of sp³-hybridized carbons (Fsp3) is 0.394. The number of ether oxygens (including phenoxy) is 2. The molecule has 0 aromatic heterocycles. The number of hydrogen-bond donors (Lipinski definition) is 1. The number of hydrogen-bond acceptors (Lipinski definition) is 6. The predicted octanol–water partition coefficient (Wildman–Crippen LogP) is 5.97. The van der Waals surface area contributed by atoms with Gasteiger partial charge in [-0.05, 0) is 54.7 Å². The highest BCUT2D eigenvalue weighted by Crippen LogP contribution is 2.36. The van der Waals surface area contributed by atoms with E-state index in [1.54, 1.807) is 41.3 Å². The van der Waals surface area contributed by atoms with Gasteiger partial charge in [0.25, 0.3) is 0 Å². The minimum atomic E-state index is -3.67. The lowest BCUT2D eigenvalue weighted by molar-refractivity contribution is -0.141. The van der Waals surface area contributed by atoms with Crippen LogP contribution in [0.5, 0.6) is 11.5 Å². The number of rotatable bonds is 13. The molecule has 0 unspecified atom stereocenters. The van der Waals surface area contributed by atoms with E-state index in [2.05, 4.69) is 5.32 Å². The van der Waals surface area contributed by atoms with Crippen LogP contribution in [0.15, 0.2) is 66.7 Å². The summed E-state index contributed by atoms with van der Waals surface area (Å²) in [6, 6.07) is 18.9. The Balaban J connectivity index is 1.39. The van der Waals surface area contributed by atoms with Crippen LogP contribution in [-0.4, -0.2) is 56.8 Å². The smallest absolute Gasteiger partial charge is 0.243 e. The molecule has 1 saturated carbocycles. The lowest BCUT2D eigenvalue weighted by atomic mass is 10.0. The van der Waals surface area contributed by atoms with E-state index in [0.29, 0.717) is 33.7 Å². The second-order valence-electron chi connectivity index (χ2n) is 11.4. The van der Waals surface area contributed by atoms with Gasteiger partial charge in [0.2, 0.25) is 28.6 Å². The molecular weight excluding hydrogens is 637 g/mol. The van der Waals surface area contributed by atoms with Crippen LogP contribution in [0.25, 0.3) is 0 Å². The van der Waals surface area contributed by atoms with Crippen molar-refractivity contribution < 1.29 is 27.5 Å². The molecular formula is C33H37Cl2N3O6S. The minimum absolute atomic E-state index is 0.0138. The monoisotopic (exact) mass is 673 g/mol. The molecule has 0 bridgehead atoms. The molecule has 1 N–H and O–H groups in total. The zero-order valence-corrected chi connectivity index (χ0v) is 27.4. The normalized spacial score (nSPS) is 15.1. The van der Waals surface area contributed by atoms with E-state index in [-0.39, 0.29) is 50.6 Å². The highest BCUT2D eigenvalue weighted by atomic mass is 35.5. The van der Waals surface area contributed by atoms with E-state index in [1.165, 1.54) is 4.31 Å². The first kappa shape index (κ1) is 32.9. The number of nitrogens with zero attached hydrogens (tertiary/aromatic N) is 2. The van der Waals surface area contributed by atoms with E-state index in [0.717, 1.165) is 43.1 Å². The first-order chi connectivity index (χ1) is 21.6. The Morgan fingerprint density at radius 1 is 0.933 bits per heavy atom. The number of sulfonamides is 1. The van der Waals surface area contributed by atoms with Crippen LogP contribution in [0.2, 0.25) is 10.0 Å². The first-order valence-corrected chi connectivity index (χ1v) is 17.6. The molecule has 12 heteroatoms. The van der Waals surface area contributed by atoms with E-state index >= 15 is 0 Å². The summed E-state index contributed by atoms with van der Waals surface area (Å²) < 4.78 is 37.6. The Hall–Kier alpha value is -3.47. The molecule has 1 heterocycles. The van der Waals surface area contributed by atoms with Crippen molar-refractivity contribution in [2.24, 2.45) is 0 Å². The van der Waals surface area contributed by atoms with Crippen molar-refractivity contribution in [3.8, 4) is 11.5 Å². The first-order valence-electron chi connectivity index (χ1n) is 15.0. The van der Waals surface area contributed by atoms with Crippen molar-refractivity contribution in [2.75, 3.05) is 23.9 Å². The second kappa shape index (κ2) is 14.7. The number of amides is 2. The van der Waals surface area contributed by atoms with Gasteiger partial charge in [-0.1, -0.05) is 72.4 Å². The Bertz CT molecular complexity index is 1620. The fourth-order valence-electron chi connectivity index (χ4n) is 5.80. The second-order valence-corrected chi connectivity index (χ2v) is 14.2. The standard InChI is InChI=1S/C33H37Cl2N3O6S/c1-45(41,42)38(26-14-16-30-31(20-26)44-22-43-30)17-7-12-32(39)37(21-24-13-15-27(34)28(35)18-24)29(19-23-8-3-2-4-9-23)33(40)36-25-10-5-6-11-25/h2-4,8-9,13-16,18,20,25,29H,5-7,10-12,17,19,21-22H2,1H3,(H,36,40)/t29-/m1/s1. The number of halogens is 2. The molecule has 1 aliphatic heterocycles. The Morgan fingerprint density at radius 2 is 1.67 bits per heavy atom. The molecule has 2 aliphatic rings. The third kappa shape index (κ3) is 8.62. The summed E-state index contributed by atoms with van der Waals surface area (Å²) in [6.07, 6.45) is 5.61. The van der Waals surface area contributed by atoms with Crippen molar-refractivity contribution in [3.05, 3.63) is 87.9 Å². The van der Waals surface area contributed by atoms with Crippen molar-refractivity contribution in [2.45, 2.75) is 63.6 Å². The summed E-state index contributed by atoms with van der Waals surface area (Å²) in [5.41, 5.74) is 2.06. The van der Waals surface area contributed by atoms with Crippen LogP contribution < -0.4 is 19.1 Å². The van der Waals surface area contributed by atoms with E-state index in [4.69, 9.17) is 32.7 Å². The average molecular weight is 675 g/mol. The zero-order chi connectivity index (χ0) is 32.0. The maximum absolute atomic E-state index is 14.1. The van der Waals surface area contributed by atoms with Crippen LogP contribution in [0, 0.1) is 0 Å². The topological polar surface area (TPSA) is 105 Å². The van der Waals surface area contributed by atoms with Crippen molar-refractivity contribution >= 4 is 50.7 Å². The van der Waals surface area contributed by atoms with Crippen molar-refractivity contribution in [1.29, 1.82) is 0 Å². The lowest BCUT2D eigenvalue weighted by Crippen LogP contribution is -2.52. The maximum atomic E-state index is 14.1. The molecule has 2 amide bonds. The molecule has 45 heavy (non-hydrogen) atoms. The lowest BCUT2D eigenvalue weighted by Gasteiger charge is -2.33. The van der Waals surface area contributed by atoms with Gasteiger partial charge in [0, 0.05) is 38.0 Å². The number of anilines is 1. The van der Waals surface area contributed by atoms with Gasteiger partial charge in [0.15, 0.2) is 11.5 Å². The highest BCUT2D eigenvalue weighted by Gasteiger charge is 2.32. The third-order valence-corrected chi connectivity index (χ3v) is 10.0. The molecule has 240 valence electrons. The van der Waals surface area contributed by atoms with Gasteiger partial charge in [-0.25, -0.2) is 8.42 Å². The van der Waals surface area contributed by atoms with Crippen LogP contribution in [0.3, 0.4) is 0 Å². The van der Waals surface area contributed by atoms with Gasteiger partial charge in [-0.3, -0.25) is 13.9 Å². The summed E-state index contributed by atoms with van der Waals surface area (Å²) in [5, 5.41) is 3.93. The molecule has 5 rings (SSSR count). The number of nitrogens with one attached hydrogen (secondary N) is 1. The third-order valence-electron chi connectivity index (χ3n) is 8.11. The Labute approximate surface area is 274 Å². The van der Waals surface area contributed by atoms with Gasteiger partial charge in [-0.2, -0.15) is 0 Å². The Kier molecular flexibility index (Phi) is 10.8. The molecule has 0 saturated heterocycles. The molecule has 3 aromatic rings. The summed E-state index contributed by atoms with van der Waals surface area (Å²) >= 11 is 12.5. The van der Waals surface area contributed by atoms with Crippen molar-refractivity contribution in [1.82, 2.24) is 10.2 Å².